The van der Waals surface area contributed by atoms with E-state index in [1.165, 1.54) is 6.07 Å². The van der Waals surface area contributed by atoms with Crippen LogP contribution in [0.1, 0.15) is 27.2 Å². The highest BCUT2D eigenvalue weighted by Crippen LogP contribution is 2.30. The van der Waals surface area contributed by atoms with E-state index in [9.17, 15) is 23.2 Å². The van der Waals surface area contributed by atoms with Crippen molar-refractivity contribution in [1.29, 1.82) is 5.26 Å². The first-order valence-electron chi connectivity index (χ1n) is 9.54. The third-order valence-electron chi connectivity index (χ3n) is 5.20. The van der Waals surface area contributed by atoms with Crippen LogP contribution in [0.2, 0.25) is 0 Å². The Hall–Kier alpha value is -3.74. The van der Waals surface area contributed by atoms with Crippen molar-refractivity contribution in [2.75, 3.05) is 31.1 Å². The van der Waals surface area contributed by atoms with Gasteiger partial charge in [0, 0.05) is 44.8 Å². The highest BCUT2D eigenvalue weighted by molar-refractivity contribution is 5.98. The zero-order chi connectivity index (χ0) is 22.2. The molecular formula is C21H18F3N5O2. The van der Waals surface area contributed by atoms with Crippen LogP contribution in [0.3, 0.4) is 0 Å². The van der Waals surface area contributed by atoms with E-state index < -0.39 is 11.7 Å². The fourth-order valence-electron chi connectivity index (χ4n) is 3.58. The number of pyridine rings is 1. The summed E-state index contributed by atoms with van der Waals surface area (Å²) in [5.41, 5.74) is -0.402. The van der Waals surface area contributed by atoms with Crippen LogP contribution >= 0.6 is 0 Å². The van der Waals surface area contributed by atoms with Crippen LogP contribution in [0, 0.1) is 18.3 Å². The smallest absolute Gasteiger partial charge is 0.417 e. The van der Waals surface area contributed by atoms with Crippen molar-refractivity contribution >= 4 is 11.7 Å². The molecule has 0 unspecified atom stereocenters. The number of nitrogens with zero attached hydrogens (tertiary/aromatic N) is 5. The predicted octanol–water partition coefficient (Wildman–Crippen LogP) is 3.63. The van der Waals surface area contributed by atoms with Gasteiger partial charge in [-0.1, -0.05) is 0 Å². The third-order valence-corrected chi connectivity index (χ3v) is 5.20. The van der Waals surface area contributed by atoms with Crippen molar-refractivity contribution in [2.24, 2.45) is 0 Å². The molecule has 4 rings (SSSR count). The molecule has 0 aliphatic carbocycles. The lowest BCUT2D eigenvalue weighted by Gasteiger charge is -2.35. The molecule has 1 aliphatic heterocycles. The molecule has 1 saturated heterocycles. The maximum Gasteiger partial charge on any atom is 0.417 e. The number of rotatable bonds is 3. The van der Waals surface area contributed by atoms with Crippen molar-refractivity contribution in [3.8, 4) is 12.0 Å². The second-order valence-corrected chi connectivity index (χ2v) is 7.10. The largest absolute Gasteiger partial charge is 0.443 e. The lowest BCUT2D eigenvalue weighted by atomic mass is 10.1. The minimum Gasteiger partial charge on any atom is -0.443 e. The fraction of sp³-hybridized carbons (Fsp3) is 0.286. The molecule has 0 atom stereocenters. The predicted molar refractivity (Wildman–Crippen MR) is 105 cm³/mol. The number of anilines is 1. The average Bonchev–Trinajstić information content (AvgIpc) is 3.40. The summed E-state index contributed by atoms with van der Waals surface area (Å²) >= 11 is 0. The van der Waals surface area contributed by atoms with Crippen molar-refractivity contribution < 1.29 is 22.4 Å². The molecule has 10 heteroatoms. The Morgan fingerprint density at radius 3 is 2.39 bits per heavy atom. The molecular weight excluding hydrogens is 411 g/mol. The standard InChI is InChI=1S/C21H18F3N5O2/c1-14-18(16(12-25)20(31-14)29-6-2-3-7-29)19(30)28-10-8-27(9-11-28)17-5-4-15(13-26-17)21(22,23)24/h2-7,13H,8-11H2,1H3. The van der Waals surface area contributed by atoms with Crippen LogP contribution in [-0.2, 0) is 6.18 Å². The first kappa shape index (κ1) is 20.5. The molecule has 1 amide bonds. The summed E-state index contributed by atoms with van der Waals surface area (Å²) in [6.07, 6.45) is -0.173. The van der Waals surface area contributed by atoms with E-state index in [1.54, 1.807) is 40.9 Å². The summed E-state index contributed by atoms with van der Waals surface area (Å²) < 4.78 is 45.5. The van der Waals surface area contributed by atoms with Gasteiger partial charge in [0.15, 0.2) is 0 Å². The first-order valence-corrected chi connectivity index (χ1v) is 9.54. The van der Waals surface area contributed by atoms with Crippen LogP contribution in [0.15, 0.2) is 47.3 Å². The summed E-state index contributed by atoms with van der Waals surface area (Å²) in [6, 6.07) is 7.97. The number of carbonyl (C=O) groups is 1. The van der Waals surface area contributed by atoms with E-state index >= 15 is 0 Å². The highest BCUT2D eigenvalue weighted by atomic mass is 19.4. The van der Waals surface area contributed by atoms with Gasteiger partial charge in [0.1, 0.15) is 28.8 Å². The molecule has 0 saturated carbocycles. The molecule has 1 fully saturated rings. The van der Waals surface area contributed by atoms with Crippen LogP contribution in [0.5, 0.6) is 0 Å². The quantitative estimate of drug-likeness (QED) is 0.636. The topological polar surface area (TPSA) is 78.3 Å². The molecule has 160 valence electrons. The number of furan rings is 1. The number of aromatic nitrogens is 2. The van der Waals surface area contributed by atoms with E-state index in [1.807, 2.05) is 4.90 Å². The number of nitriles is 1. The molecule has 0 aromatic carbocycles. The summed E-state index contributed by atoms with van der Waals surface area (Å²) in [5.74, 6) is 0.765. The van der Waals surface area contributed by atoms with Gasteiger partial charge in [-0.25, -0.2) is 4.98 Å². The van der Waals surface area contributed by atoms with E-state index in [0.29, 0.717) is 43.6 Å². The van der Waals surface area contributed by atoms with Crippen molar-refractivity contribution in [2.45, 2.75) is 13.1 Å². The van der Waals surface area contributed by atoms with Gasteiger partial charge < -0.3 is 14.2 Å². The molecule has 3 aromatic heterocycles. The number of hydrogen-bond donors (Lipinski definition) is 0. The molecule has 0 radical (unpaired) electrons. The zero-order valence-electron chi connectivity index (χ0n) is 16.6. The molecule has 0 spiro atoms. The number of halogens is 3. The van der Waals surface area contributed by atoms with Gasteiger partial charge in [0.05, 0.1) is 5.56 Å². The Morgan fingerprint density at radius 1 is 1.16 bits per heavy atom. The van der Waals surface area contributed by atoms with Crippen molar-refractivity contribution in [3.05, 3.63) is 65.3 Å². The number of hydrogen-bond acceptors (Lipinski definition) is 5. The van der Waals surface area contributed by atoms with Gasteiger partial charge in [-0.2, -0.15) is 18.4 Å². The molecule has 0 bridgehead atoms. The minimum absolute atomic E-state index is 0.172. The summed E-state index contributed by atoms with van der Waals surface area (Å²) in [4.78, 5) is 20.5. The van der Waals surface area contributed by atoms with E-state index in [0.717, 1.165) is 12.3 Å². The third kappa shape index (κ3) is 3.86. The second kappa shape index (κ2) is 7.83. The zero-order valence-corrected chi connectivity index (χ0v) is 16.6. The Morgan fingerprint density at radius 2 is 1.84 bits per heavy atom. The van der Waals surface area contributed by atoms with Crippen molar-refractivity contribution in [3.63, 3.8) is 0 Å². The lowest BCUT2D eigenvalue weighted by Crippen LogP contribution is -2.49. The Kier molecular flexibility index (Phi) is 5.19. The van der Waals surface area contributed by atoms with Gasteiger partial charge in [-0.3, -0.25) is 9.36 Å². The normalized spacial score (nSPS) is 14.5. The number of amides is 1. The maximum atomic E-state index is 13.1. The minimum atomic E-state index is -4.43. The average molecular weight is 429 g/mol. The monoisotopic (exact) mass is 429 g/mol. The van der Waals surface area contributed by atoms with E-state index in [4.69, 9.17) is 4.42 Å². The SMILES string of the molecule is Cc1oc(-n2cccc2)c(C#N)c1C(=O)N1CCN(c2ccc(C(F)(F)F)cn2)CC1. The molecule has 31 heavy (non-hydrogen) atoms. The summed E-state index contributed by atoms with van der Waals surface area (Å²) in [6.45, 7) is 3.15. The fourth-order valence-corrected chi connectivity index (χ4v) is 3.58. The highest BCUT2D eigenvalue weighted by Gasteiger charge is 2.32. The Labute approximate surface area is 175 Å². The number of alkyl halides is 3. The van der Waals surface area contributed by atoms with Crippen LogP contribution in [0.25, 0.3) is 5.88 Å². The Bertz CT molecular complexity index is 1120. The van der Waals surface area contributed by atoms with E-state index in [-0.39, 0.29) is 17.0 Å². The maximum absolute atomic E-state index is 13.1. The van der Waals surface area contributed by atoms with Gasteiger partial charge in [0.2, 0.25) is 5.88 Å². The van der Waals surface area contributed by atoms with Gasteiger partial charge in [-0.05, 0) is 31.2 Å². The lowest BCUT2D eigenvalue weighted by molar-refractivity contribution is -0.137. The van der Waals surface area contributed by atoms with Gasteiger partial charge in [-0.15, -0.1) is 0 Å². The molecule has 1 aliphatic rings. The number of piperazine rings is 1. The first-order chi connectivity index (χ1) is 14.8. The Balaban J connectivity index is 1.49. The van der Waals surface area contributed by atoms with E-state index in [2.05, 4.69) is 11.1 Å². The number of carbonyl (C=O) groups excluding carboxylic acids is 1. The summed E-state index contributed by atoms with van der Waals surface area (Å²) in [5, 5.41) is 9.64. The van der Waals surface area contributed by atoms with Crippen LogP contribution in [0.4, 0.5) is 19.0 Å². The second-order valence-electron chi connectivity index (χ2n) is 7.10. The van der Waals surface area contributed by atoms with Crippen LogP contribution in [-0.4, -0.2) is 46.5 Å². The molecule has 0 N–H and O–H groups in total. The molecule has 7 nitrogen and oxygen atoms in total. The molecule has 4 heterocycles. The molecule has 3 aromatic rings. The van der Waals surface area contributed by atoms with Gasteiger partial charge >= 0.3 is 6.18 Å². The van der Waals surface area contributed by atoms with Crippen LogP contribution < -0.4 is 4.90 Å². The summed E-state index contributed by atoms with van der Waals surface area (Å²) in [7, 11) is 0. The van der Waals surface area contributed by atoms with Gasteiger partial charge in [0.25, 0.3) is 5.91 Å². The van der Waals surface area contributed by atoms with Crippen molar-refractivity contribution in [1.82, 2.24) is 14.5 Å². The number of aryl methyl sites for hydroxylation is 1.